The van der Waals surface area contributed by atoms with Gasteiger partial charge in [-0.2, -0.15) is 0 Å². The molecule has 1 aliphatic rings. The van der Waals surface area contributed by atoms with Crippen LogP contribution in [-0.2, 0) is 11.2 Å². The van der Waals surface area contributed by atoms with Gasteiger partial charge in [0.05, 0.1) is 13.2 Å². The molecule has 1 aliphatic heterocycles. The summed E-state index contributed by atoms with van der Waals surface area (Å²) in [6, 6.07) is 11.7. The Bertz CT molecular complexity index is 745. The minimum Gasteiger partial charge on any atom is -0.490 e. The van der Waals surface area contributed by atoms with E-state index in [0.29, 0.717) is 26.1 Å². The van der Waals surface area contributed by atoms with Gasteiger partial charge in [0.2, 0.25) is 5.91 Å². The summed E-state index contributed by atoms with van der Waals surface area (Å²) in [6.45, 7) is 3.32. The highest BCUT2D eigenvalue weighted by atomic mass is 79.9. The van der Waals surface area contributed by atoms with Crippen molar-refractivity contribution in [2.75, 3.05) is 18.5 Å². The molecule has 0 spiro atoms. The van der Waals surface area contributed by atoms with E-state index in [1.54, 1.807) is 0 Å². The van der Waals surface area contributed by atoms with Gasteiger partial charge in [0.25, 0.3) is 0 Å². The summed E-state index contributed by atoms with van der Waals surface area (Å²) in [4.78, 5) is 12.2. The molecule has 5 heteroatoms. The fourth-order valence-corrected chi connectivity index (χ4v) is 3.08. The van der Waals surface area contributed by atoms with Crippen molar-refractivity contribution in [1.29, 1.82) is 0 Å². The molecule has 0 saturated carbocycles. The van der Waals surface area contributed by atoms with Crippen LogP contribution in [0.3, 0.4) is 0 Å². The Kier molecular flexibility index (Phi) is 5.41. The van der Waals surface area contributed by atoms with Gasteiger partial charge in [0.1, 0.15) is 0 Å². The molecular weight excluding hydrogens is 370 g/mol. The minimum atomic E-state index is 0.00698. The molecule has 0 fully saturated rings. The van der Waals surface area contributed by atoms with Gasteiger partial charge in [0, 0.05) is 23.0 Å². The van der Waals surface area contributed by atoms with Gasteiger partial charge < -0.3 is 14.8 Å². The minimum absolute atomic E-state index is 0.00698. The first-order valence-electron chi connectivity index (χ1n) is 8.06. The monoisotopic (exact) mass is 389 g/mol. The van der Waals surface area contributed by atoms with Gasteiger partial charge in [-0.05, 0) is 54.8 Å². The number of carbonyl (C=O) groups excluding carboxylic acids is 1. The topological polar surface area (TPSA) is 47.6 Å². The first kappa shape index (κ1) is 16.8. The van der Waals surface area contributed by atoms with Crippen LogP contribution in [0.1, 0.15) is 24.0 Å². The van der Waals surface area contributed by atoms with Crippen molar-refractivity contribution < 1.29 is 14.3 Å². The van der Waals surface area contributed by atoms with Gasteiger partial charge in [-0.25, -0.2) is 0 Å². The van der Waals surface area contributed by atoms with Gasteiger partial charge in [-0.15, -0.1) is 0 Å². The maximum Gasteiger partial charge on any atom is 0.224 e. The zero-order valence-corrected chi connectivity index (χ0v) is 15.2. The molecule has 1 N–H and O–H groups in total. The molecule has 3 rings (SSSR count). The number of nitrogens with one attached hydrogen (secondary N) is 1. The average Bonchev–Trinajstić information content (AvgIpc) is 2.80. The second-order valence-corrected chi connectivity index (χ2v) is 6.75. The molecule has 0 saturated heterocycles. The molecule has 4 nitrogen and oxygen atoms in total. The predicted octanol–water partition coefficient (Wildman–Crippen LogP) is 4.49. The Morgan fingerprint density at radius 2 is 1.92 bits per heavy atom. The number of rotatable bonds is 4. The number of amides is 1. The largest absolute Gasteiger partial charge is 0.490 e. The van der Waals surface area contributed by atoms with E-state index in [9.17, 15) is 4.79 Å². The maximum atomic E-state index is 12.2. The third-order valence-electron chi connectivity index (χ3n) is 3.92. The van der Waals surface area contributed by atoms with Crippen LogP contribution in [0.5, 0.6) is 11.5 Å². The molecule has 0 unspecified atom stereocenters. The number of fused-ring (bicyclic) bond motifs is 1. The summed E-state index contributed by atoms with van der Waals surface area (Å²) in [5, 5.41) is 2.96. The fraction of sp³-hybridized carbons (Fsp3) is 0.316. The van der Waals surface area contributed by atoms with E-state index in [2.05, 4.69) is 21.2 Å². The number of ether oxygens (including phenoxy) is 2. The molecule has 2 aromatic rings. The highest BCUT2D eigenvalue weighted by Gasteiger charge is 2.12. The van der Waals surface area contributed by atoms with Crippen molar-refractivity contribution in [3.8, 4) is 11.5 Å². The zero-order valence-electron chi connectivity index (χ0n) is 13.6. The average molecular weight is 390 g/mol. The lowest BCUT2D eigenvalue weighted by molar-refractivity contribution is -0.116. The van der Waals surface area contributed by atoms with Crippen LogP contribution in [0.15, 0.2) is 40.9 Å². The first-order chi connectivity index (χ1) is 11.6. The fourth-order valence-electron chi connectivity index (χ4n) is 2.60. The summed E-state index contributed by atoms with van der Waals surface area (Å²) < 4.78 is 12.3. The molecule has 0 aliphatic carbocycles. The molecule has 2 aromatic carbocycles. The Labute approximate surface area is 150 Å². The number of halogens is 1. The van der Waals surface area contributed by atoms with Gasteiger partial charge >= 0.3 is 0 Å². The SMILES string of the molecule is Cc1cc(Br)ccc1NC(=O)CCc1ccc2c(c1)OCCCO2. The summed E-state index contributed by atoms with van der Waals surface area (Å²) >= 11 is 3.42. The van der Waals surface area contributed by atoms with Crippen LogP contribution in [0.2, 0.25) is 0 Å². The number of carbonyl (C=O) groups is 1. The Hall–Kier alpha value is -2.01. The number of hydrogen-bond donors (Lipinski definition) is 1. The van der Waals surface area contributed by atoms with Crippen LogP contribution in [0, 0.1) is 6.92 Å². The molecule has 0 radical (unpaired) electrons. The smallest absolute Gasteiger partial charge is 0.224 e. The van der Waals surface area contributed by atoms with Gasteiger partial charge in [-0.1, -0.05) is 22.0 Å². The lowest BCUT2D eigenvalue weighted by atomic mass is 10.1. The maximum absolute atomic E-state index is 12.2. The highest BCUT2D eigenvalue weighted by Crippen LogP contribution is 2.30. The molecule has 0 bridgehead atoms. The molecular formula is C19H20BrNO3. The lowest BCUT2D eigenvalue weighted by Crippen LogP contribution is -2.13. The quantitative estimate of drug-likeness (QED) is 0.837. The van der Waals surface area contributed by atoms with E-state index in [-0.39, 0.29) is 5.91 Å². The van der Waals surface area contributed by atoms with Crippen molar-refractivity contribution >= 4 is 27.5 Å². The van der Waals surface area contributed by atoms with Crippen LogP contribution < -0.4 is 14.8 Å². The number of anilines is 1. The Morgan fingerprint density at radius 1 is 1.12 bits per heavy atom. The third kappa shape index (κ3) is 4.29. The molecule has 1 heterocycles. The van der Waals surface area contributed by atoms with Crippen molar-refractivity contribution in [3.05, 3.63) is 52.0 Å². The summed E-state index contributed by atoms with van der Waals surface area (Å²) in [6.07, 6.45) is 1.98. The van der Waals surface area contributed by atoms with Crippen molar-refractivity contribution in [3.63, 3.8) is 0 Å². The standard InChI is InChI=1S/C19H20BrNO3/c1-13-11-15(20)5-6-16(13)21-19(22)8-4-14-3-7-17-18(12-14)24-10-2-9-23-17/h3,5-7,11-12H,2,4,8-10H2,1H3,(H,21,22). The van der Waals surface area contributed by atoms with E-state index in [1.807, 2.05) is 43.3 Å². The normalized spacial score (nSPS) is 13.2. The molecule has 0 aromatic heterocycles. The van der Waals surface area contributed by atoms with E-state index in [4.69, 9.17) is 9.47 Å². The second-order valence-electron chi connectivity index (χ2n) is 5.84. The molecule has 24 heavy (non-hydrogen) atoms. The van der Waals surface area contributed by atoms with E-state index in [0.717, 1.165) is 39.2 Å². The van der Waals surface area contributed by atoms with E-state index >= 15 is 0 Å². The Morgan fingerprint density at radius 3 is 2.71 bits per heavy atom. The third-order valence-corrected chi connectivity index (χ3v) is 4.41. The van der Waals surface area contributed by atoms with E-state index in [1.165, 1.54) is 0 Å². The molecule has 1 amide bonds. The van der Waals surface area contributed by atoms with Crippen LogP contribution in [0.25, 0.3) is 0 Å². The van der Waals surface area contributed by atoms with Gasteiger partial charge in [0.15, 0.2) is 11.5 Å². The van der Waals surface area contributed by atoms with Crippen LogP contribution >= 0.6 is 15.9 Å². The molecule has 0 atom stereocenters. The number of hydrogen-bond acceptors (Lipinski definition) is 3. The lowest BCUT2D eigenvalue weighted by Gasteiger charge is -2.10. The summed E-state index contributed by atoms with van der Waals surface area (Å²) in [7, 11) is 0. The van der Waals surface area contributed by atoms with E-state index < -0.39 is 0 Å². The zero-order chi connectivity index (χ0) is 16.9. The van der Waals surface area contributed by atoms with Crippen LogP contribution in [0.4, 0.5) is 5.69 Å². The predicted molar refractivity (Wildman–Crippen MR) is 97.9 cm³/mol. The van der Waals surface area contributed by atoms with Crippen molar-refractivity contribution in [2.45, 2.75) is 26.2 Å². The van der Waals surface area contributed by atoms with Crippen molar-refractivity contribution in [2.24, 2.45) is 0 Å². The Balaban J connectivity index is 1.59. The van der Waals surface area contributed by atoms with Crippen molar-refractivity contribution in [1.82, 2.24) is 0 Å². The summed E-state index contributed by atoms with van der Waals surface area (Å²) in [5.41, 5.74) is 2.96. The van der Waals surface area contributed by atoms with Gasteiger partial charge in [-0.3, -0.25) is 4.79 Å². The summed E-state index contributed by atoms with van der Waals surface area (Å²) in [5.74, 6) is 1.56. The number of aryl methyl sites for hydroxylation is 2. The number of benzene rings is 2. The van der Waals surface area contributed by atoms with Crippen LogP contribution in [-0.4, -0.2) is 19.1 Å². The highest BCUT2D eigenvalue weighted by molar-refractivity contribution is 9.10. The first-order valence-corrected chi connectivity index (χ1v) is 8.85. The second kappa shape index (κ2) is 7.71. The molecule has 126 valence electrons.